The van der Waals surface area contributed by atoms with Gasteiger partial charge in [0, 0.05) is 13.1 Å². The number of hydrogen-bond donors (Lipinski definition) is 3. The normalized spacial score (nSPS) is 18.2. The van der Waals surface area contributed by atoms with E-state index in [1.807, 2.05) is 0 Å². The van der Waals surface area contributed by atoms with Gasteiger partial charge in [-0.3, -0.25) is 29.4 Å². The van der Waals surface area contributed by atoms with Gasteiger partial charge in [0.05, 0.1) is 12.8 Å². The highest BCUT2D eigenvalue weighted by Gasteiger charge is 2.53. The molecule has 1 aromatic rings. The molecule has 1 atom stereocenters. The van der Waals surface area contributed by atoms with E-state index in [9.17, 15) is 24.0 Å². The molecule has 1 fully saturated rings. The molecule has 4 amide bonds. The molecule has 1 heterocycles. The first kappa shape index (κ1) is 26.0. The number of nitrogens with zero attached hydrogens (tertiary/aromatic N) is 1. The second kappa shape index (κ2) is 12.7. The number of nitrogens with one attached hydrogen (secondary N) is 2. The molecule has 2 rings (SSSR count). The van der Waals surface area contributed by atoms with Crippen LogP contribution < -0.4 is 10.6 Å². The highest BCUT2D eigenvalue weighted by Crippen LogP contribution is 2.33. The number of ether oxygens (including phenoxy) is 1. The molecule has 1 aromatic carbocycles. The fourth-order valence-electron chi connectivity index (χ4n) is 3.73. The minimum Gasteiger partial charge on any atom is -0.481 e. The molecule has 0 saturated carbocycles. The molecule has 180 valence electrons. The molecule has 0 aromatic heterocycles. The van der Waals surface area contributed by atoms with Gasteiger partial charge in [0.15, 0.2) is 5.41 Å². The van der Waals surface area contributed by atoms with Crippen LogP contribution in [-0.4, -0.2) is 66.0 Å². The van der Waals surface area contributed by atoms with Crippen LogP contribution in [0.15, 0.2) is 30.3 Å². The van der Waals surface area contributed by atoms with Gasteiger partial charge in [0.25, 0.3) is 5.91 Å². The molecule has 10 heteroatoms. The first-order valence-corrected chi connectivity index (χ1v) is 11.1. The summed E-state index contributed by atoms with van der Waals surface area (Å²) in [5.74, 6) is -2.66. The lowest BCUT2D eigenvalue weighted by molar-refractivity contribution is -0.147. The number of rotatable bonds is 14. The summed E-state index contributed by atoms with van der Waals surface area (Å²) < 4.78 is 4.92. The number of carboxylic acid groups (broad SMARTS) is 1. The molecule has 0 radical (unpaired) electrons. The van der Waals surface area contributed by atoms with Crippen LogP contribution in [0.1, 0.15) is 51.0 Å². The SMILES string of the molecule is CCC1(c2ccccc2)C(=O)NC(=O)N(CCCCCNCCOC(=O)CCC(=O)O)C1=O. The summed E-state index contributed by atoms with van der Waals surface area (Å²) in [5.41, 5.74) is -0.834. The lowest BCUT2D eigenvalue weighted by Gasteiger charge is -2.39. The lowest BCUT2D eigenvalue weighted by atomic mass is 9.74. The molecule has 1 aliphatic heterocycles. The standard InChI is InChI=1S/C23H31N3O7/c1-2-23(17-9-5-3-6-10-17)20(30)25-22(32)26(21(23)31)15-8-4-7-13-24-14-16-33-19(29)12-11-18(27)28/h3,5-6,9-10,24H,2,4,7-8,11-16H2,1H3,(H,27,28)(H,25,30,32). The Labute approximate surface area is 192 Å². The Morgan fingerprint density at radius 2 is 1.79 bits per heavy atom. The zero-order valence-electron chi connectivity index (χ0n) is 18.8. The number of carboxylic acids is 1. The van der Waals surface area contributed by atoms with Crippen molar-refractivity contribution in [2.45, 2.75) is 50.9 Å². The second-order valence-electron chi connectivity index (χ2n) is 7.77. The average Bonchev–Trinajstić information content (AvgIpc) is 2.79. The Kier molecular flexibility index (Phi) is 9.99. The van der Waals surface area contributed by atoms with Gasteiger partial charge >= 0.3 is 18.0 Å². The minimum atomic E-state index is -1.40. The molecular weight excluding hydrogens is 430 g/mol. The molecule has 0 aliphatic carbocycles. The maximum absolute atomic E-state index is 13.2. The van der Waals surface area contributed by atoms with Crippen molar-refractivity contribution in [1.29, 1.82) is 0 Å². The topological polar surface area (TPSA) is 142 Å². The first-order chi connectivity index (χ1) is 15.8. The molecule has 1 saturated heterocycles. The number of benzene rings is 1. The third-order valence-electron chi connectivity index (χ3n) is 5.58. The van der Waals surface area contributed by atoms with Gasteiger partial charge in [-0.05, 0) is 31.4 Å². The predicted molar refractivity (Wildman–Crippen MR) is 118 cm³/mol. The number of carbonyl (C=O) groups excluding carboxylic acids is 4. The van der Waals surface area contributed by atoms with E-state index in [0.717, 1.165) is 17.7 Å². The zero-order chi connectivity index (χ0) is 24.3. The quantitative estimate of drug-likeness (QED) is 0.215. The first-order valence-electron chi connectivity index (χ1n) is 11.1. The van der Waals surface area contributed by atoms with Gasteiger partial charge < -0.3 is 15.2 Å². The molecule has 10 nitrogen and oxygen atoms in total. The average molecular weight is 462 g/mol. The van der Waals surface area contributed by atoms with Crippen LogP contribution in [0.4, 0.5) is 4.79 Å². The highest BCUT2D eigenvalue weighted by atomic mass is 16.5. The maximum atomic E-state index is 13.2. The van der Waals surface area contributed by atoms with E-state index in [4.69, 9.17) is 9.84 Å². The van der Waals surface area contributed by atoms with Gasteiger partial charge in [0.2, 0.25) is 5.91 Å². The summed E-state index contributed by atoms with van der Waals surface area (Å²) in [5, 5.41) is 14.0. The Hall–Kier alpha value is -3.27. The third-order valence-corrected chi connectivity index (χ3v) is 5.58. The summed E-state index contributed by atoms with van der Waals surface area (Å²) in [7, 11) is 0. The number of carbonyl (C=O) groups is 5. The van der Waals surface area contributed by atoms with Crippen LogP contribution >= 0.6 is 0 Å². The number of amides is 4. The van der Waals surface area contributed by atoms with Crippen molar-refractivity contribution in [3.63, 3.8) is 0 Å². The van der Waals surface area contributed by atoms with Crippen molar-refractivity contribution in [2.24, 2.45) is 0 Å². The van der Waals surface area contributed by atoms with Crippen LogP contribution in [-0.2, 0) is 29.3 Å². The largest absolute Gasteiger partial charge is 0.481 e. The molecule has 3 N–H and O–H groups in total. The molecular formula is C23H31N3O7. The van der Waals surface area contributed by atoms with Crippen molar-refractivity contribution < 1.29 is 33.8 Å². The van der Waals surface area contributed by atoms with Crippen molar-refractivity contribution in [1.82, 2.24) is 15.5 Å². The van der Waals surface area contributed by atoms with Gasteiger partial charge in [-0.15, -0.1) is 0 Å². The van der Waals surface area contributed by atoms with Gasteiger partial charge in [0.1, 0.15) is 6.61 Å². The van der Waals surface area contributed by atoms with Crippen molar-refractivity contribution in [3.05, 3.63) is 35.9 Å². The summed E-state index contributed by atoms with van der Waals surface area (Å²) in [6, 6.07) is 8.09. The smallest absolute Gasteiger partial charge is 0.330 e. The number of barbiturate groups is 1. The van der Waals surface area contributed by atoms with E-state index in [1.165, 1.54) is 0 Å². The van der Waals surface area contributed by atoms with E-state index in [0.29, 0.717) is 25.1 Å². The van der Waals surface area contributed by atoms with Crippen LogP contribution in [0.5, 0.6) is 0 Å². The maximum Gasteiger partial charge on any atom is 0.330 e. The van der Waals surface area contributed by atoms with Crippen LogP contribution in [0.3, 0.4) is 0 Å². The number of unbranched alkanes of at least 4 members (excludes halogenated alkanes) is 2. The van der Waals surface area contributed by atoms with E-state index in [2.05, 4.69) is 10.6 Å². The molecule has 0 spiro atoms. The summed E-state index contributed by atoms with van der Waals surface area (Å²) in [6.07, 6.45) is 1.98. The Bertz CT molecular complexity index is 859. The fraction of sp³-hybridized carbons (Fsp3) is 0.522. The highest BCUT2D eigenvalue weighted by molar-refractivity contribution is 6.22. The van der Waals surface area contributed by atoms with Gasteiger partial charge in [-0.1, -0.05) is 43.7 Å². The summed E-state index contributed by atoms with van der Waals surface area (Å²) in [4.78, 5) is 61.0. The second-order valence-corrected chi connectivity index (χ2v) is 7.77. The minimum absolute atomic E-state index is 0.146. The Morgan fingerprint density at radius 1 is 1.06 bits per heavy atom. The zero-order valence-corrected chi connectivity index (χ0v) is 18.8. The van der Waals surface area contributed by atoms with Gasteiger partial charge in [-0.25, -0.2) is 4.79 Å². The van der Waals surface area contributed by atoms with E-state index in [-0.39, 0.29) is 32.4 Å². The third kappa shape index (κ3) is 6.85. The summed E-state index contributed by atoms with van der Waals surface area (Å²) in [6.45, 7) is 3.24. The fourth-order valence-corrected chi connectivity index (χ4v) is 3.73. The van der Waals surface area contributed by atoms with Gasteiger partial charge in [-0.2, -0.15) is 0 Å². The number of urea groups is 1. The number of imide groups is 2. The molecule has 1 unspecified atom stereocenters. The Morgan fingerprint density at radius 3 is 2.45 bits per heavy atom. The van der Waals surface area contributed by atoms with Crippen molar-refractivity contribution >= 4 is 29.8 Å². The van der Waals surface area contributed by atoms with Crippen LogP contribution in [0.25, 0.3) is 0 Å². The molecule has 1 aliphatic rings. The number of aliphatic carboxylic acids is 1. The number of hydrogen-bond acceptors (Lipinski definition) is 7. The monoisotopic (exact) mass is 461 g/mol. The number of esters is 1. The molecule has 33 heavy (non-hydrogen) atoms. The summed E-state index contributed by atoms with van der Waals surface area (Å²) >= 11 is 0. The van der Waals surface area contributed by atoms with E-state index < -0.39 is 35.2 Å². The van der Waals surface area contributed by atoms with E-state index in [1.54, 1.807) is 37.3 Å². The molecule has 0 bridgehead atoms. The van der Waals surface area contributed by atoms with Crippen molar-refractivity contribution in [2.75, 3.05) is 26.2 Å². The Balaban J connectivity index is 1.73. The van der Waals surface area contributed by atoms with Crippen LogP contribution in [0, 0.1) is 0 Å². The van der Waals surface area contributed by atoms with Crippen molar-refractivity contribution in [3.8, 4) is 0 Å². The van der Waals surface area contributed by atoms with Crippen LogP contribution in [0.2, 0.25) is 0 Å². The lowest BCUT2D eigenvalue weighted by Crippen LogP contribution is -2.65. The van der Waals surface area contributed by atoms with E-state index >= 15 is 0 Å². The predicted octanol–water partition coefficient (Wildman–Crippen LogP) is 1.58.